The zero-order chi connectivity index (χ0) is 13.0. The van der Waals surface area contributed by atoms with Crippen LogP contribution in [0.1, 0.15) is 11.1 Å². The summed E-state index contributed by atoms with van der Waals surface area (Å²) in [6.07, 6.45) is 1.68. The van der Waals surface area contributed by atoms with Gasteiger partial charge in [0.15, 0.2) is 0 Å². The van der Waals surface area contributed by atoms with Gasteiger partial charge >= 0.3 is 0 Å². The molecule has 1 aromatic carbocycles. The van der Waals surface area contributed by atoms with Gasteiger partial charge in [-0.3, -0.25) is 0 Å². The number of pyridine rings is 1. The lowest BCUT2D eigenvalue weighted by Crippen LogP contribution is -2.01. The average molecular weight is 306 g/mol. The molecule has 0 saturated carbocycles. The minimum absolute atomic E-state index is 0.0551. The van der Waals surface area contributed by atoms with Gasteiger partial charge in [0, 0.05) is 12.7 Å². The Hall–Kier alpha value is -1.93. The van der Waals surface area contributed by atoms with Gasteiger partial charge in [0.2, 0.25) is 0 Å². The number of anilines is 1. The second kappa shape index (κ2) is 5.61. The molecule has 0 atom stereocenters. The Bertz CT molecular complexity index is 607. The number of nitriles is 1. The summed E-state index contributed by atoms with van der Waals surface area (Å²) in [6, 6.07) is 10.00. The fourth-order valence-electron chi connectivity index (χ4n) is 1.48. The molecule has 0 fully saturated rings. The molecule has 0 aliphatic heterocycles. The Balaban J connectivity index is 2.12. The second-order valence-electron chi connectivity index (χ2n) is 3.62. The molecule has 2 aromatic rings. The normalized spacial score (nSPS) is 9.83. The van der Waals surface area contributed by atoms with Crippen molar-refractivity contribution in [3.63, 3.8) is 0 Å². The van der Waals surface area contributed by atoms with Crippen molar-refractivity contribution in [2.45, 2.75) is 6.54 Å². The number of aromatic nitrogens is 1. The Kier molecular flexibility index (Phi) is 3.90. The molecule has 1 aromatic heterocycles. The van der Waals surface area contributed by atoms with Gasteiger partial charge in [-0.15, -0.1) is 0 Å². The van der Waals surface area contributed by atoms with Crippen molar-refractivity contribution in [1.29, 1.82) is 5.26 Å². The number of benzene rings is 1. The van der Waals surface area contributed by atoms with Crippen molar-refractivity contribution in [3.05, 3.63) is 58.1 Å². The molecule has 0 radical (unpaired) electrons. The quantitative estimate of drug-likeness (QED) is 0.883. The molecule has 0 aliphatic rings. The third kappa shape index (κ3) is 2.84. The van der Waals surface area contributed by atoms with Gasteiger partial charge in [-0.1, -0.05) is 6.07 Å². The monoisotopic (exact) mass is 305 g/mol. The van der Waals surface area contributed by atoms with Crippen LogP contribution in [-0.2, 0) is 6.54 Å². The van der Waals surface area contributed by atoms with Gasteiger partial charge in [0.1, 0.15) is 16.5 Å². The topological polar surface area (TPSA) is 48.7 Å². The third-order valence-electron chi connectivity index (χ3n) is 2.39. The van der Waals surface area contributed by atoms with Crippen LogP contribution in [0.25, 0.3) is 0 Å². The van der Waals surface area contributed by atoms with E-state index in [1.165, 1.54) is 12.1 Å². The fraction of sp³-hybridized carbons (Fsp3) is 0.0769. The van der Waals surface area contributed by atoms with Gasteiger partial charge in [-0.2, -0.15) is 5.26 Å². The Labute approximate surface area is 112 Å². The Morgan fingerprint density at radius 3 is 2.94 bits per heavy atom. The second-order valence-corrected chi connectivity index (χ2v) is 4.37. The summed E-state index contributed by atoms with van der Waals surface area (Å²) in [7, 11) is 0. The van der Waals surface area contributed by atoms with Crippen LogP contribution in [0.15, 0.2) is 41.1 Å². The fourth-order valence-corrected chi connectivity index (χ4v) is 1.87. The lowest BCUT2D eigenvalue weighted by Gasteiger charge is -2.08. The molecule has 0 amide bonds. The summed E-state index contributed by atoms with van der Waals surface area (Å²) in [5, 5.41) is 11.9. The molecule has 0 aliphatic carbocycles. The minimum atomic E-state index is -0.496. The molecule has 5 heteroatoms. The summed E-state index contributed by atoms with van der Waals surface area (Å²) in [5.41, 5.74) is 1.74. The predicted octanol–water partition coefficient (Wildman–Crippen LogP) is 3.47. The zero-order valence-electron chi connectivity index (χ0n) is 9.32. The van der Waals surface area contributed by atoms with E-state index in [-0.39, 0.29) is 5.56 Å². The average Bonchev–Trinajstić information content (AvgIpc) is 2.39. The number of hydrogen-bond donors (Lipinski definition) is 1. The largest absolute Gasteiger partial charge is 0.379 e. The van der Waals surface area contributed by atoms with Crippen LogP contribution in [0.2, 0.25) is 0 Å². The highest BCUT2D eigenvalue weighted by Crippen LogP contribution is 2.19. The number of rotatable bonds is 3. The van der Waals surface area contributed by atoms with Crippen molar-refractivity contribution in [3.8, 4) is 6.07 Å². The lowest BCUT2D eigenvalue weighted by molar-refractivity contribution is 0.623. The van der Waals surface area contributed by atoms with Crippen molar-refractivity contribution in [2.24, 2.45) is 0 Å². The van der Waals surface area contributed by atoms with E-state index in [4.69, 9.17) is 5.26 Å². The van der Waals surface area contributed by atoms with E-state index in [2.05, 4.69) is 26.2 Å². The Morgan fingerprint density at radius 1 is 1.39 bits per heavy atom. The summed E-state index contributed by atoms with van der Waals surface area (Å²) in [6.45, 7) is 0.499. The van der Waals surface area contributed by atoms with E-state index in [0.717, 1.165) is 11.3 Å². The summed E-state index contributed by atoms with van der Waals surface area (Å²) in [5.74, 6) is -0.496. The first-order valence-corrected chi connectivity index (χ1v) is 6.03. The van der Waals surface area contributed by atoms with E-state index >= 15 is 0 Å². The standard InChI is InChI=1S/C13H9BrFN3/c14-13-12(2-1-5-17-13)18-8-9-3-4-11(15)10(6-9)7-16/h1-6,18H,8H2. The van der Waals surface area contributed by atoms with E-state index in [1.807, 2.05) is 18.2 Å². The van der Waals surface area contributed by atoms with Crippen molar-refractivity contribution in [1.82, 2.24) is 4.98 Å². The van der Waals surface area contributed by atoms with Crippen LogP contribution in [0.5, 0.6) is 0 Å². The molecule has 1 N–H and O–H groups in total. The highest BCUT2D eigenvalue weighted by atomic mass is 79.9. The molecular formula is C13H9BrFN3. The van der Waals surface area contributed by atoms with Crippen molar-refractivity contribution < 1.29 is 4.39 Å². The SMILES string of the molecule is N#Cc1cc(CNc2cccnc2Br)ccc1F. The predicted molar refractivity (Wildman–Crippen MR) is 70.4 cm³/mol. The molecular weight excluding hydrogens is 297 g/mol. The molecule has 18 heavy (non-hydrogen) atoms. The summed E-state index contributed by atoms with van der Waals surface area (Å²) >= 11 is 3.32. The van der Waals surface area contributed by atoms with Gasteiger partial charge in [-0.25, -0.2) is 9.37 Å². The first kappa shape index (κ1) is 12.5. The third-order valence-corrected chi connectivity index (χ3v) is 3.03. The van der Waals surface area contributed by atoms with E-state index in [1.54, 1.807) is 12.3 Å². The molecule has 0 spiro atoms. The maximum absolute atomic E-state index is 13.1. The highest BCUT2D eigenvalue weighted by molar-refractivity contribution is 9.10. The van der Waals surface area contributed by atoms with Crippen LogP contribution in [0.3, 0.4) is 0 Å². The van der Waals surface area contributed by atoms with Gasteiger partial charge < -0.3 is 5.32 Å². The van der Waals surface area contributed by atoms with Gasteiger partial charge in [0.25, 0.3) is 0 Å². The molecule has 0 unspecified atom stereocenters. The first-order valence-electron chi connectivity index (χ1n) is 5.23. The van der Waals surface area contributed by atoms with Crippen LogP contribution in [0.4, 0.5) is 10.1 Å². The number of hydrogen-bond acceptors (Lipinski definition) is 3. The van der Waals surface area contributed by atoms with Crippen molar-refractivity contribution >= 4 is 21.6 Å². The molecule has 0 saturated heterocycles. The number of halogens is 2. The first-order chi connectivity index (χ1) is 8.70. The maximum atomic E-state index is 13.1. The van der Waals surface area contributed by atoms with Gasteiger partial charge in [0.05, 0.1) is 11.3 Å². The van der Waals surface area contributed by atoms with E-state index in [0.29, 0.717) is 11.1 Å². The maximum Gasteiger partial charge on any atom is 0.140 e. The smallest absolute Gasteiger partial charge is 0.140 e. The Morgan fingerprint density at radius 2 is 2.22 bits per heavy atom. The zero-order valence-corrected chi connectivity index (χ0v) is 10.9. The molecule has 3 nitrogen and oxygen atoms in total. The number of nitrogens with one attached hydrogen (secondary N) is 1. The molecule has 1 heterocycles. The van der Waals surface area contributed by atoms with Crippen LogP contribution in [-0.4, -0.2) is 4.98 Å². The lowest BCUT2D eigenvalue weighted by atomic mass is 10.1. The number of nitrogens with zero attached hydrogens (tertiary/aromatic N) is 2. The van der Waals surface area contributed by atoms with E-state index in [9.17, 15) is 4.39 Å². The van der Waals surface area contributed by atoms with E-state index < -0.39 is 5.82 Å². The molecule has 2 rings (SSSR count). The molecule has 0 bridgehead atoms. The highest BCUT2D eigenvalue weighted by Gasteiger charge is 2.03. The van der Waals surface area contributed by atoms with Crippen LogP contribution >= 0.6 is 15.9 Å². The van der Waals surface area contributed by atoms with Gasteiger partial charge in [-0.05, 0) is 45.8 Å². The van der Waals surface area contributed by atoms with Crippen LogP contribution in [0, 0.1) is 17.1 Å². The minimum Gasteiger partial charge on any atom is -0.379 e. The summed E-state index contributed by atoms with van der Waals surface area (Å²) in [4.78, 5) is 4.08. The van der Waals surface area contributed by atoms with Crippen molar-refractivity contribution in [2.75, 3.05) is 5.32 Å². The summed E-state index contributed by atoms with van der Waals surface area (Å²) < 4.78 is 13.9. The molecule has 90 valence electrons. The van der Waals surface area contributed by atoms with Crippen LogP contribution < -0.4 is 5.32 Å².